The molecule has 0 bridgehead atoms. The van der Waals surface area contributed by atoms with Crippen molar-refractivity contribution in [3.8, 4) is 0 Å². The normalized spacial score (nSPS) is 22.0. The maximum absolute atomic E-state index is 5.70. The molecule has 40 radical (unpaired) electrons. The second kappa shape index (κ2) is 41.1. The molecule has 2 aromatic rings. The Kier molecular flexibility index (Phi) is 39.5. The van der Waals surface area contributed by atoms with Crippen LogP contribution in [0.4, 0.5) is 11.4 Å². The van der Waals surface area contributed by atoms with Crippen LogP contribution in [0.25, 0.3) is 0 Å². The molecule has 8 saturated carbocycles. The van der Waals surface area contributed by atoms with E-state index in [1.807, 2.05) is 138 Å². The van der Waals surface area contributed by atoms with E-state index in [1.165, 1.54) is 0 Å². The van der Waals surface area contributed by atoms with Crippen LogP contribution in [0.5, 0.6) is 0 Å². The van der Waals surface area contributed by atoms with E-state index in [-0.39, 0.29) is 116 Å². The number of morpholine rings is 2. The van der Waals surface area contributed by atoms with Crippen LogP contribution in [0.15, 0.2) is 0 Å². The third kappa shape index (κ3) is 22.9. The number of aromatic nitrogens is 6. The van der Waals surface area contributed by atoms with Gasteiger partial charge in [0.2, 0.25) is 13.1 Å². The van der Waals surface area contributed by atoms with Crippen LogP contribution in [-0.2, 0) is 90.8 Å². The zero-order valence-corrected chi connectivity index (χ0v) is 48.9. The first kappa shape index (κ1) is 70.2. The van der Waals surface area contributed by atoms with E-state index < -0.39 is 0 Å². The zero-order chi connectivity index (χ0) is 45.6. The molecule has 4 heterocycles. The molecule has 2 aliphatic heterocycles. The fourth-order valence-corrected chi connectivity index (χ4v) is 7.84. The van der Waals surface area contributed by atoms with E-state index in [4.69, 9.17) is 29.9 Å². The Balaban J connectivity index is 0.000000585. The maximum atomic E-state index is 5.70. The number of hydrogen-bond donors (Lipinski definition) is 0. The predicted octanol–water partition coefficient (Wildman–Crippen LogP) is -0.298. The van der Waals surface area contributed by atoms with Crippen molar-refractivity contribution < 1.29 is 135 Å². The number of aryl methyl sites for hydroxylation is 2. The fraction of sp³-hybridized carbons (Fsp3) is 0.193. The summed E-state index contributed by atoms with van der Waals surface area (Å²) in [5.74, 6) is 4.35. The first-order chi connectivity index (χ1) is 33.3. The average molecular weight is 1360 g/mol. The number of nitrogens with zero attached hydrogens (tertiary/aromatic N) is 8. The van der Waals surface area contributed by atoms with E-state index in [1.54, 1.807) is 0 Å². The van der Waals surface area contributed by atoms with E-state index in [2.05, 4.69) is 113 Å². The van der Waals surface area contributed by atoms with Gasteiger partial charge in [-0.25, -0.2) is 0 Å². The summed E-state index contributed by atoms with van der Waals surface area (Å²) in [6.07, 6.45) is 74.3. The monoisotopic (exact) mass is 1360 g/mol. The topological polar surface area (TPSA) is 84.3 Å². The summed E-state index contributed by atoms with van der Waals surface area (Å²) in [4.78, 5) is 8.45. The summed E-state index contributed by atoms with van der Waals surface area (Å²) in [5.41, 5.74) is 5.91. The molecular weight excluding hydrogens is 1310 g/mol. The SMILES string of the molecule is [CH]1[CH][CH][CH][CH]1.[CH]1[CH][CH][CH][CH]1.[CH]1[CH][CH][CH][CH]1.[CH]1[CH][CH][CH][CH]1.[CH]1[CH][CH][C](c2n[n+](CCC[n+]3nc([C]4[CH][CH][CH][CH]4)c(N4CCOCC4)c([C]4[CH][CH][CH][CH]4)n3)nc([C]3[CH][CH][CH][CH]3)c2N2CCOCC2)[CH]1.[Fe+2].[Fe+2].[Fe+2].[Fe+2].[I-].[I-]. The molecule has 10 aliphatic rings. The van der Waals surface area contributed by atoms with Gasteiger partial charge in [-0.1, -0.05) is 0 Å². The fourth-order valence-electron chi connectivity index (χ4n) is 7.84. The van der Waals surface area contributed by atoms with Crippen molar-refractivity contribution in [1.82, 2.24) is 20.4 Å². The maximum Gasteiger partial charge on any atom is 2.00 e. The molecule has 2 aromatic heterocycles. The Morgan fingerprint density at radius 1 is 0.315 bits per heavy atom. The van der Waals surface area contributed by atoms with Gasteiger partial charge in [0, 0.05) is 79.8 Å². The molecule has 0 N–H and O–H groups in total. The number of halogens is 2. The minimum atomic E-state index is 0. The van der Waals surface area contributed by atoms with Crippen molar-refractivity contribution in [3.05, 3.63) is 278 Å². The van der Waals surface area contributed by atoms with E-state index >= 15 is 0 Å². The Bertz CT molecular complexity index is 1450. The first-order valence-corrected chi connectivity index (χ1v) is 23.2. The van der Waals surface area contributed by atoms with Gasteiger partial charge in [-0.3, -0.25) is 0 Å². The summed E-state index contributed by atoms with van der Waals surface area (Å²) in [6, 6.07) is 0. The summed E-state index contributed by atoms with van der Waals surface area (Å²) in [5, 5.41) is 20.6. The smallest absolute Gasteiger partial charge is 1.00 e. The molecule has 0 aromatic carbocycles. The molecule has 73 heavy (non-hydrogen) atoms. The van der Waals surface area contributed by atoms with Gasteiger partial charge in [0.05, 0.1) is 44.2 Å². The van der Waals surface area contributed by atoms with E-state index in [0.717, 1.165) is 90.4 Å². The Hall–Kier alpha value is 1.08. The van der Waals surface area contributed by atoms with Gasteiger partial charge in [0.25, 0.3) is 0 Å². The number of hydrogen-bond acceptors (Lipinski definition) is 8. The summed E-state index contributed by atoms with van der Waals surface area (Å²) in [6.45, 7) is 7.22. The van der Waals surface area contributed by atoms with Crippen LogP contribution in [0, 0.1) is 255 Å². The predicted molar refractivity (Wildman–Crippen MR) is 259 cm³/mol. The van der Waals surface area contributed by atoms with E-state index in [0.29, 0.717) is 39.5 Å². The number of ether oxygens (including phenoxy) is 2. The summed E-state index contributed by atoms with van der Waals surface area (Å²) in [7, 11) is 0. The quantitative estimate of drug-likeness (QED) is 0.183. The third-order valence-electron chi connectivity index (χ3n) is 11.1. The van der Waals surface area contributed by atoms with Crippen molar-refractivity contribution in [2.24, 2.45) is 0 Å². The Morgan fingerprint density at radius 2 is 0.507 bits per heavy atom. The molecule has 16 heteroatoms. The van der Waals surface area contributed by atoms with Crippen LogP contribution in [0.2, 0.25) is 0 Å². The first-order valence-electron chi connectivity index (χ1n) is 23.2. The Morgan fingerprint density at radius 3 is 0.699 bits per heavy atom. The molecule has 0 atom stereocenters. The standard InChI is InChI=1S/C37H38N8O2.4C5H5.4Fe.2HI/c1-2-11-28(10-1)32-36(42-20-24-46-25-21-42)33(29-12-3-4-13-29)39-44(38-32)18-9-19-45-40-34(30-14-5-6-15-30)37(43-22-26-47-27-23-43)35(41-45)31-16-7-8-17-31;4*1-2-4-5-3-1;;;;;;/h1-8,10-17H,9,18-27H2;4*1-5H;;;;;2*1H/q+2;;;;;4*+2;;/p-2. The van der Waals surface area contributed by atoms with Gasteiger partial charge in [0.1, 0.15) is 22.8 Å². The number of anilines is 2. The van der Waals surface area contributed by atoms with Gasteiger partial charge < -0.3 is 67.2 Å². The molecule has 12 rings (SSSR count). The molecule has 10 nitrogen and oxygen atoms in total. The van der Waals surface area contributed by atoms with Crippen molar-refractivity contribution in [3.63, 3.8) is 0 Å². The van der Waals surface area contributed by atoms with Gasteiger partial charge >= 0.3 is 68.3 Å². The molecule has 10 fully saturated rings. The molecule has 2 saturated heterocycles. The van der Waals surface area contributed by atoms with Gasteiger partial charge in [-0.15, -0.1) is 0 Å². The van der Waals surface area contributed by atoms with Crippen LogP contribution < -0.4 is 67.3 Å². The molecule has 376 valence electrons. The molecule has 8 aliphatic carbocycles. The molecule has 0 spiro atoms. The second-order valence-corrected chi connectivity index (χ2v) is 15.8. The summed E-state index contributed by atoms with van der Waals surface area (Å²) >= 11 is 0. The third-order valence-corrected chi connectivity index (χ3v) is 11.1. The minimum Gasteiger partial charge on any atom is -1.00 e. The molecule has 0 amide bonds. The summed E-state index contributed by atoms with van der Waals surface area (Å²) < 4.78 is 11.4. The van der Waals surface area contributed by atoms with Gasteiger partial charge in [-0.05, 0) is 231 Å². The van der Waals surface area contributed by atoms with Gasteiger partial charge in [0.15, 0.2) is 0 Å². The largest absolute Gasteiger partial charge is 2.00 e. The minimum absolute atomic E-state index is 0. The van der Waals surface area contributed by atoms with Crippen LogP contribution in [-0.4, -0.2) is 73.0 Å². The van der Waals surface area contributed by atoms with Crippen molar-refractivity contribution in [2.45, 2.75) is 19.5 Å². The van der Waals surface area contributed by atoms with E-state index in [9.17, 15) is 0 Å². The van der Waals surface area contributed by atoms with Crippen molar-refractivity contribution >= 4 is 11.4 Å². The van der Waals surface area contributed by atoms with Crippen LogP contribution >= 0.6 is 0 Å². The van der Waals surface area contributed by atoms with Crippen LogP contribution in [0.3, 0.4) is 0 Å². The van der Waals surface area contributed by atoms with Crippen molar-refractivity contribution in [1.29, 1.82) is 0 Å². The molecule has 0 unspecified atom stereocenters. The zero-order valence-electron chi connectivity index (χ0n) is 40.1. The Labute approximate surface area is 521 Å². The average Bonchev–Trinajstić information content (AvgIpc) is 4.25. The molecular formula is C57H58Fe4I2N8O2+8. The van der Waals surface area contributed by atoms with Crippen molar-refractivity contribution in [2.75, 3.05) is 62.4 Å². The van der Waals surface area contributed by atoms with Crippen LogP contribution in [0.1, 0.15) is 29.2 Å². The van der Waals surface area contributed by atoms with Gasteiger partial charge in [-0.2, -0.15) is 0 Å². The second-order valence-electron chi connectivity index (χ2n) is 15.8. The number of rotatable bonds is 10.